The van der Waals surface area contributed by atoms with Gasteiger partial charge >= 0.3 is 6.03 Å². The van der Waals surface area contributed by atoms with Gasteiger partial charge in [-0.05, 0) is 37.8 Å². The first-order chi connectivity index (χ1) is 10.5. The van der Waals surface area contributed by atoms with Gasteiger partial charge in [-0.3, -0.25) is 14.6 Å². The Morgan fingerprint density at radius 1 is 1.14 bits per heavy atom. The Labute approximate surface area is 131 Å². The van der Waals surface area contributed by atoms with Crippen molar-refractivity contribution < 1.29 is 9.59 Å². The van der Waals surface area contributed by atoms with Crippen LogP contribution in [0.5, 0.6) is 0 Å². The van der Waals surface area contributed by atoms with Gasteiger partial charge in [-0.2, -0.15) is 0 Å². The van der Waals surface area contributed by atoms with Crippen molar-refractivity contribution in [2.45, 2.75) is 38.8 Å². The molecule has 0 unspecified atom stereocenters. The van der Waals surface area contributed by atoms with Crippen LogP contribution >= 0.6 is 0 Å². The van der Waals surface area contributed by atoms with E-state index in [-0.39, 0.29) is 11.9 Å². The molecule has 0 aliphatic carbocycles. The predicted octanol–water partition coefficient (Wildman–Crippen LogP) is 1.77. The summed E-state index contributed by atoms with van der Waals surface area (Å²) in [5, 5.41) is 2.72. The van der Waals surface area contributed by atoms with Crippen molar-refractivity contribution in [3.05, 3.63) is 35.4 Å². The first kappa shape index (κ1) is 15.0. The first-order valence-electron chi connectivity index (χ1n) is 7.90. The Morgan fingerprint density at radius 2 is 1.86 bits per heavy atom. The van der Waals surface area contributed by atoms with Crippen LogP contribution < -0.4 is 5.32 Å². The summed E-state index contributed by atoms with van der Waals surface area (Å²) < 4.78 is 0. The highest BCUT2D eigenvalue weighted by Gasteiger charge is 2.43. The van der Waals surface area contributed by atoms with E-state index in [0.717, 1.165) is 32.5 Å². The minimum Gasteiger partial charge on any atom is -0.324 e. The van der Waals surface area contributed by atoms with Crippen LogP contribution in [-0.4, -0.2) is 46.9 Å². The number of hydrogen-bond acceptors (Lipinski definition) is 3. The zero-order chi connectivity index (χ0) is 15.7. The fourth-order valence-electron chi connectivity index (χ4n) is 3.22. The lowest BCUT2D eigenvalue weighted by atomic mass is 10.00. The molecular weight excluding hydrogens is 278 g/mol. The molecule has 0 aromatic heterocycles. The van der Waals surface area contributed by atoms with Crippen molar-refractivity contribution >= 4 is 11.9 Å². The first-order valence-corrected chi connectivity index (χ1v) is 7.90. The molecule has 5 nitrogen and oxygen atoms in total. The topological polar surface area (TPSA) is 52.7 Å². The SMILES string of the molecule is CC1(C)NC(=O)N(CCCN2CCc3ccccc3C2)C1=O. The van der Waals surface area contributed by atoms with E-state index in [1.54, 1.807) is 13.8 Å². The van der Waals surface area contributed by atoms with Gasteiger partial charge in [-0.1, -0.05) is 24.3 Å². The second-order valence-corrected chi connectivity index (χ2v) is 6.66. The number of carbonyl (C=O) groups excluding carboxylic acids is 2. The van der Waals surface area contributed by atoms with E-state index >= 15 is 0 Å². The molecule has 2 heterocycles. The molecule has 0 atom stereocenters. The number of carbonyl (C=O) groups is 2. The number of nitrogens with zero attached hydrogens (tertiary/aromatic N) is 2. The summed E-state index contributed by atoms with van der Waals surface area (Å²) in [6, 6.07) is 8.29. The van der Waals surface area contributed by atoms with Crippen LogP contribution in [0.25, 0.3) is 0 Å². The standard InChI is InChI=1S/C17H23N3O2/c1-17(2)15(21)20(16(22)18-17)10-5-9-19-11-8-13-6-3-4-7-14(13)12-19/h3-4,6-7H,5,8-12H2,1-2H3,(H,18,22). The molecule has 3 rings (SSSR count). The largest absolute Gasteiger partial charge is 0.325 e. The number of nitrogens with one attached hydrogen (secondary N) is 1. The fourth-order valence-corrected chi connectivity index (χ4v) is 3.22. The highest BCUT2D eigenvalue weighted by Crippen LogP contribution is 2.20. The van der Waals surface area contributed by atoms with Crippen LogP contribution in [0.3, 0.4) is 0 Å². The van der Waals surface area contributed by atoms with Gasteiger partial charge in [0.15, 0.2) is 0 Å². The van der Waals surface area contributed by atoms with Crippen molar-refractivity contribution in [1.29, 1.82) is 0 Å². The molecule has 2 aliphatic heterocycles. The van der Waals surface area contributed by atoms with Gasteiger partial charge in [0.2, 0.25) is 0 Å². The van der Waals surface area contributed by atoms with Crippen LogP contribution in [0.2, 0.25) is 0 Å². The molecule has 1 fully saturated rings. The smallest absolute Gasteiger partial charge is 0.324 e. The Morgan fingerprint density at radius 3 is 2.55 bits per heavy atom. The van der Waals surface area contributed by atoms with Gasteiger partial charge < -0.3 is 5.32 Å². The lowest BCUT2D eigenvalue weighted by Gasteiger charge is -2.29. The molecule has 1 aromatic rings. The maximum Gasteiger partial charge on any atom is 0.325 e. The number of imide groups is 1. The molecule has 1 N–H and O–H groups in total. The van der Waals surface area contributed by atoms with Crippen LogP contribution in [0, 0.1) is 0 Å². The van der Waals surface area contributed by atoms with E-state index in [1.807, 2.05) is 0 Å². The van der Waals surface area contributed by atoms with Crippen molar-refractivity contribution in [2.75, 3.05) is 19.6 Å². The van der Waals surface area contributed by atoms with Crippen molar-refractivity contribution in [3.8, 4) is 0 Å². The summed E-state index contributed by atoms with van der Waals surface area (Å²) in [6.07, 6.45) is 1.89. The number of urea groups is 1. The number of rotatable bonds is 4. The normalized spacial score (nSPS) is 20.9. The summed E-state index contributed by atoms with van der Waals surface area (Å²) in [5.41, 5.74) is 2.07. The lowest BCUT2D eigenvalue weighted by molar-refractivity contribution is -0.130. The molecule has 118 valence electrons. The maximum atomic E-state index is 12.1. The minimum absolute atomic E-state index is 0.124. The summed E-state index contributed by atoms with van der Waals surface area (Å²) >= 11 is 0. The van der Waals surface area contributed by atoms with E-state index in [9.17, 15) is 9.59 Å². The zero-order valence-electron chi connectivity index (χ0n) is 13.3. The second kappa shape index (κ2) is 5.72. The molecule has 3 amide bonds. The zero-order valence-corrected chi connectivity index (χ0v) is 13.3. The molecule has 22 heavy (non-hydrogen) atoms. The van der Waals surface area contributed by atoms with E-state index < -0.39 is 5.54 Å². The van der Waals surface area contributed by atoms with E-state index in [1.165, 1.54) is 16.0 Å². The Hall–Kier alpha value is -1.88. The third kappa shape index (κ3) is 2.86. The molecule has 0 bridgehead atoms. The van der Waals surface area contributed by atoms with Gasteiger partial charge in [0, 0.05) is 26.2 Å². The molecule has 2 aliphatic rings. The van der Waals surface area contributed by atoms with Gasteiger partial charge in [0.25, 0.3) is 5.91 Å². The van der Waals surface area contributed by atoms with E-state index in [2.05, 4.69) is 34.5 Å². The molecular formula is C17H23N3O2. The monoisotopic (exact) mass is 301 g/mol. The fraction of sp³-hybridized carbons (Fsp3) is 0.529. The third-order valence-electron chi connectivity index (χ3n) is 4.51. The lowest BCUT2D eigenvalue weighted by Crippen LogP contribution is -2.40. The Kier molecular flexibility index (Phi) is 3.91. The van der Waals surface area contributed by atoms with Crippen LogP contribution in [0.4, 0.5) is 4.79 Å². The number of amides is 3. The summed E-state index contributed by atoms with van der Waals surface area (Å²) in [5.74, 6) is -0.124. The van der Waals surface area contributed by atoms with Gasteiger partial charge in [-0.15, -0.1) is 0 Å². The Bertz CT molecular complexity index is 597. The third-order valence-corrected chi connectivity index (χ3v) is 4.51. The quantitative estimate of drug-likeness (QED) is 0.862. The number of fused-ring (bicyclic) bond motifs is 1. The predicted molar refractivity (Wildman–Crippen MR) is 84.4 cm³/mol. The average molecular weight is 301 g/mol. The van der Waals surface area contributed by atoms with Gasteiger partial charge in [0.05, 0.1) is 0 Å². The van der Waals surface area contributed by atoms with Gasteiger partial charge in [-0.25, -0.2) is 4.79 Å². The molecule has 5 heteroatoms. The highest BCUT2D eigenvalue weighted by molar-refractivity contribution is 6.06. The average Bonchev–Trinajstić information content (AvgIpc) is 2.69. The molecule has 0 radical (unpaired) electrons. The summed E-state index contributed by atoms with van der Waals surface area (Å²) in [4.78, 5) is 27.7. The highest BCUT2D eigenvalue weighted by atomic mass is 16.2. The van der Waals surface area contributed by atoms with Crippen LogP contribution in [0.1, 0.15) is 31.4 Å². The number of hydrogen-bond donors (Lipinski definition) is 1. The van der Waals surface area contributed by atoms with E-state index in [4.69, 9.17) is 0 Å². The Balaban J connectivity index is 1.51. The van der Waals surface area contributed by atoms with E-state index in [0.29, 0.717) is 6.54 Å². The van der Waals surface area contributed by atoms with Gasteiger partial charge in [0.1, 0.15) is 5.54 Å². The minimum atomic E-state index is -0.763. The summed E-state index contributed by atoms with van der Waals surface area (Å²) in [6.45, 7) is 6.89. The second-order valence-electron chi connectivity index (χ2n) is 6.66. The molecule has 1 saturated heterocycles. The van der Waals surface area contributed by atoms with Crippen LogP contribution in [-0.2, 0) is 17.8 Å². The molecule has 0 spiro atoms. The van der Waals surface area contributed by atoms with Crippen molar-refractivity contribution in [3.63, 3.8) is 0 Å². The maximum absolute atomic E-state index is 12.1. The van der Waals surface area contributed by atoms with Crippen molar-refractivity contribution in [1.82, 2.24) is 15.1 Å². The number of benzene rings is 1. The molecule has 1 aromatic carbocycles. The van der Waals surface area contributed by atoms with Crippen LogP contribution in [0.15, 0.2) is 24.3 Å². The molecule has 0 saturated carbocycles. The summed E-state index contributed by atoms with van der Waals surface area (Å²) in [7, 11) is 0. The van der Waals surface area contributed by atoms with Crippen molar-refractivity contribution in [2.24, 2.45) is 0 Å².